The Hall–Kier alpha value is -0.860. The molecule has 0 spiro atoms. The molecule has 3 rings (SSSR count). The monoisotopic (exact) mass is 286 g/mol. The fourth-order valence-corrected chi connectivity index (χ4v) is 3.16. The first kappa shape index (κ1) is 15.1. The van der Waals surface area contributed by atoms with Gasteiger partial charge < -0.3 is 10.2 Å². The first-order valence-electron chi connectivity index (χ1n) is 8.77. The van der Waals surface area contributed by atoms with E-state index >= 15 is 0 Å². The maximum atomic E-state index is 3.53. The molecule has 116 valence electrons. The molecule has 21 heavy (non-hydrogen) atoms. The minimum absolute atomic E-state index is 0.466. The van der Waals surface area contributed by atoms with Crippen LogP contribution in [0.3, 0.4) is 0 Å². The highest BCUT2D eigenvalue weighted by atomic mass is 15.2. The summed E-state index contributed by atoms with van der Waals surface area (Å²) in [6.07, 6.45) is 6.94. The zero-order chi connectivity index (χ0) is 14.7. The van der Waals surface area contributed by atoms with Crippen LogP contribution >= 0.6 is 0 Å². The van der Waals surface area contributed by atoms with Crippen LogP contribution in [0.15, 0.2) is 24.3 Å². The number of nitrogens with one attached hydrogen (secondary N) is 1. The van der Waals surface area contributed by atoms with Gasteiger partial charge in [0, 0.05) is 25.7 Å². The van der Waals surface area contributed by atoms with Gasteiger partial charge in [-0.25, -0.2) is 0 Å². The molecule has 1 atom stereocenters. The van der Waals surface area contributed by atoms with Crippen molar-refractivity contribution in [1.29, 1.82) is 0 Å². The van der Waals surface area contributed by atoms with Crippen molar-refractivity contribution >= 4 is 0 Å². The number of hydrogen-bond donors (Lipinski definition) is 1. The third kappa shape index (κ3) is 4.55. The Morgan fingerprint density at radius 2 is 1.62 bits per heavy atom. The van der Waals surface area contributed by atoms with Gasteiger partial charge in [-0.1, -0.05) is 31.2 Å². The number of hydrogen-bond acceptors (Lipinski definition) is 2. The highest BCUT2D eigenvalue weighted by Crippen LogP contribution is 2.34. The molecule has 1 aromatic carbocycles. The van der Waals surface area contributed by atoms with Crippen LogP contribution in [0.25, 0.3) is 0 Å². The second-order valence-corrected chi connectivity index (χ2v) is 7.04. The standard InChI is InChI=1S/C19H30N2/c1-3-15-8-10-18(11-9-15)19(20-2)14-21(12-16-4-5-16)13-17-6-7-17/h8-11,16-17,19-20H,3-7,12-14H2,1-2H3. The van der Waals surface area contributed by atoms with Crippen molar-refractivity contribution in [2.45, 2.75) is 45.1 Å². The molecule has 2 nitrogen and oxygen atoms in total. The Morgan fingerprint density at radius 3 is 2.05 bits per heavy atom. The van der Waals surface area contributed by atoms with Crippen LogP contribution in [0, 0.1) is 11.8 Å². The summed E-state index contributed by atoms with van der Waals surface area (Å²) in [5, 5.41) is 3.53. The maximum Gasteiger partial charge on any atom is 0.0446 e. The van der Waals surface area contributed by atoms with Crippen molar-refractivity contribution in [1.82, 2.24) is 10.2 Å². The molecule has 0 radical (unpaired) electrons. The number of nitrogens with zero attached hydrogens (tertiary/aromatic N) is 1. The molecule has 1 unspecified atom stereocenters. The van der Waals surface area contributed by atoms with Gasteiger partial charge in [-0.05, 0) is 62.1 Å². The van der Waals surface area contributed by atoms with E-state index in [9.17, 15) is 0 Å². The van der Waals surface area contributed by atoms with Crippen LogP contribution in [-0.2, 0) is 6.42 Å². The van der Waals surface area contributed by atoms with E-state index in [-0.39, 0.29) is 0 Å². The normalized spacial score (nSPS) is 20.0. The molecule has 2 saturated carbocycles. The van der Waals surface area contributed by atoms with Crippen molar-refractivity contribution < 1.29 is 0 Å². The van der Waals surface area contributed by atoms with E-state index in [4.69, 9.17) is 0 Å². The van der Waals surface area contributed by atoms with E-state index in [1.54, 1.807) is 0 Å². The average Bonchev–Trinajstić information content (AvgIpc) is 3.41. The second-order valence-electron chi connectivity index (χ2n) is 7.04. The van der Waals surface area contributed by atoms with Crippen LogP contribution in [0.4, 0.5) is 0 Å². The number of likely N-dealkylation sites (N-methyl/N-ethyl adjacent to an activating group) is 1. The van der Waals surface area contributed by atoms with Crippen LogP contribution in [0.2, 0.25) is 0 Å². The molecule has 0 amide bonds. The Bertz CT molecular complexity index is 417. The summed E-state index contributed by atoms with van der Waals surface area (Å²) in [5.74, 6) is 1.98. The molecule has 2 heteroatoms. The first-order chi connectivity index (χ1) is 10.3. The summed E-state index contributed by atoms with van der Waals surface area (Å²) < 4.78 is 0. The van der Waals surface area contributed by atoms with Crippen molar-refractivity contribution in [2.24, 2.45) is 11.8 Å². The first-order valence-corrected chi connectivity index (χ1v) is 8.77. The lowest BCUT2D eigenvalue weighted by Gasteiger charge is -2.28. The van der Waals surface area contributed by atoms with Gasteiger partial charge in [0.25, 0.3) is 0 Å². The number of rotatable bonds is 9. The van der Waals surface area contributed by atoms with Crippen molar-refractivity contribution in [3.8, 4) is 0 Å². The summed E-state index contributed by atoms with van der Waals surface area (Å²) in [6, 6.07) is 9.66. The molecule has 1 aromatic rings. The fraction of sp³-hybridized carbons (Fsp3) is 0.684. The van der Waals surface area contributed by atoms with Gasteiger partial charge in [0.15, 0.2) is 0 Å². The topological polar surface area (TPSA) is 15.3 Å². The van der Waals surface area contributed by atoms with Crippen LogP contribution in [0.1, 0.15) is 49.8 Å². The van der Waals surface area contributed by atoms with Gasteiger partial charge in [0.05, 0.1) is 0 Å². The Balaban J connectivity index is 1.61. The van der Waals surface area contributed by atoms with E-state index in [1.807, 2.05) is 0 Å². The van der Waals surface area contributed by atoms with Crippen molar-refractivity contribution in [3.63, 3.8) is 0 Å². The van der Waals surface area contributed by atoms with Crippen LogP contribution < -0.4 is 5.32 Å². The van der Waals surface area contributed by atoms with E-state index in [0.717, 1.165) is 24.8 Å². The third-order valence-corrected chi connectivity index (χ3v) is 5.01. The zero-order valence-corrected chi connectivity index (χ0v) is 13.6. The van der Waals surface area contributed by atoms with Crippen molar-refractivity contribution in [2.75, 3.05) is 26.7 Å². The zero-order valence-electron chi connectivity index (χ0n) is 13.6. The lowest BCUT2D eigenvalue weighted by atomic mass is 10.0. The average molecular weight is 286 g/mol. The Morgan fingerprint density at radius 1 is 1.05 bits per heavy atom. The summed E-state index contributed by atoms with van der Waals surface area (Å²) in [5.41, 5.74) is 2.87. The molecule has 0 saturated heterocycles. The molecular formula is C19H30N2. The molecular weight excluding hydrogens is 256 g/mol. The Labute approximate surface area is 129 Å². The number of benzene rings is 1. The lowest BCUT2D eigenvalue weighted by Crippen LogP contribution is -2.36. The highest BCUT2D eigenvalue weighted by Gasteiger charge is 2.30. The van der Waals surface area contributed by atoms with E-state index in [1.165, 1.54) is 49.9 Å². The third-order valence-electron chi connectivity index (χ3n) is 5.01. The predicted molar refractivity (Wildman–Crippen MR) is 89.5 cm³/mol. The molecule has 1 N–H and O–H groups in total. The van der Waals surface area contributed by atoms with Gasteiger partial charge in [0.2, 0.25) is 0 Å². The van der Waals surface area contributed by atoms with Crippen LogP contribution in [-0.4, -0.2) is 31.6 Å². The minimum atomic E-state index is 0.466. The summed E-state index contributed by atoms with van der Waals surface area (Å²) in [4.78, 5) is 2.73. The van der Waals surface area contributed by atoms with E-state index in [0.29, 0.717) is 6.04 Å². The summed E-state index contributed by atoms with van der Waals surface area (Å²) in [7, 11) is 2.10. The van der Waals surface area contributed by atoms with Crippen molar-refractivity contribution in [3.05, 3.63) is 35.4 Å². The predicted octanol–water partition coefficient (Wildman–Crippen LogP) is 3.63. The van der Waals surface area contributed by atoms with Gasteiger partial charge in [-0.15, -0.1) is 0 Å². The quantitative estimate of drug-likeness (QED) is 0.746. The minimum Gasteiger partial charge on any atom is -0.312 e. The van der Waals surface area contributed by atoms with Gasteiger partial charge >= 0.3 is 0 Å². The van der Waals surface area contributed by atoms with Gasteiger partial charge in [0.1, 0.15) is 0 Å². The highest BCUT2D eigenvalue weighted by molar-refractivity contribution is 5.25. The molecule has 2 aliphatic rings. The van der Waals surface area contributed by atoms with Gasteiger partial charge in [-0.2, -0.15) is 0 Å². The Kier molecular flexibility index (Phi) is 4.97. The molecule has 0 aliphatic heterocycles. The largest absolute Gasteiger partial charge is 0.312 e. The van der Waals surface area contributed by atoms with Crippen LogP contribution in [0.5, 0.6) is 0 Å². The second kappa shape index (κ2) is 6.93. The smallest absolute Gasteiger partial charge is 0.0446 e. The fourth-order valence-electron chi connectivity index (χ4n) is 3.16. The molecule has 0 bridgehead atoms. The van der Waals surface area contributed by atoms with E-state index in [2.05, 4.69) is 48.5 Å². The molecule has 2 aliphatic carbocycles. The lowest BCUT2D eigenvalue weighted by molar-refractivity contribution is 0.228. The van der Waals surface area contributed by atoms with E-state index < -0.39 is 0 Å². The molecule has 0 aromatic heterocycles. The summed E-state index contributed by atoms with van der Waals surface area (Å²) >= 11 is 0. The molecule has 0 heterocycles. The number of aryl methyl sites for hydroxylation is 1. The maximum absolute atomic E-state index is 3.53. The molecule has 2 fully saturated rings. The SMILES string of the molecule is CCc1ccc(C(CN(CC2CC2)CC2CC2)NC)cc1. The summed E-state index contributed by atoms with van der Waals surface area (Å²) in [6.45, 7) is 6.02. The van der Waals surface area contributed by atoms with Gasteiger partial charge in [-0.3, -0.25) is 0 Å².